The number of likely N-dealkylation sites (tertiary alicyclic amines) is 1. The lowest BCUT2D eigenvalue weighted by molar-refractivity contribution is 0.150. The van der Waals surface area contributed by atoms with E-state index in [0.717, 1.165) is 26.1 Å². The van der Waals surface area contributed by atoms with Gasteiger partial charge in [-0.25, -0.2) is 5.84 Å². The minimum Gasteiger partial charge on any atom is -0.359 e. The standard InChI is InChI=1S/C14H22N4S/c1-11-9-18(10-12-5-3-2-4-6-12)8-7-13(11)16-14(19)17-15/h2-6,11,13H,7-10,15H2,1H3,(H2,16,17,19). The van der Waals surface area contributed by atoms with E-state index in [1.165, 1.54) is 5.56 Å². The summed E-state index contributed by atoms with van der Waals surface area (Å²) in [5, 5.41) is 3.81. The summed E-state index contributed by atoms with van der Waals surface area (Å²) in [6, 6.07) is 11.0. The molecule has 0 saturated carbocycles. The molecule has 1 saturated heterocycles. The Morgan fingerprint density at radius 1 is 1.42 bits per heavy atom. The molecule has 1 fully saturated rings. The summed E-state index contributed by atoms with van der Waals surface area (Å²) in [6.45, 7) is 5.45. The van der Waals surface area contributed by atoms with Crippen molar-refractivity contribution in [1.29, 1.82) is 0 Å². The first kappa shape index (κ1) is 14.2. The molecular weight excluding hydrogens is 256 g/mol. The molecule has 1 aromatic rings. The summed E-state index contributed by atoms with van der Waals surface area (Å²) in [4.78, 5) is 2.50. The molecule has 104 valence electrons. The molecule has 0 aliphatic carbocycles. The molecule has 1 heterocycles. The highest BCUT2D eigenvalue weighted by atomic mass is 32.1. The van der Waals surface area contributed by atoms with Crippen LogP contribution in [-0.2, 0) is 6.54 Å². The van der Waals surface area contributed by atoms with E-state index in [1.807, 2.05) is 0 Å². The fourth-order valence-corrected chi connectivity index (χ4v) is 2.79. The summed E-state index contributed by atoms with van der Waals surface area (Å²) >= 11 is 5.06. The molecule has 0 amide bonds. The topological polar surface area (TPSA) is 53.3 Å². The van der Waals surface area contributed by atoms with Crippen molar-refractivity contribution in [3.8, 4) is 0 Å². The van der Waals surface area contributed by atoms with Crippen molar-refractivity contribution in [3.63, 3.8) is 0 Å². The SMILES string of the molecule is CC1CN(Cc2ccccc2)CCC1NC(=S)NN. The second-order valence-electron chi connectivity index (χ2n) is 5.21. The zero-order chi connectivity index (χ0) is 13.7. The van der Waals surface area contributed by atoms with Gasteiger partial charge < -0.3 is 10.7 Å². The van der Waals surface area contributed by atoms with Crippen LogP contribution in [0.2, 0.25) is 0 Å². The lowest BCUT2D eigenvalue weighted by Gasteiger charge is -2.37. The van der Waals surface area contributed by atoms with Crippen molar-refractivity contribution in [3.05, 3.63) is 35.9 Å². The molecule has 0 spiro atoms. The monoisotopic (exact) mass is 278 g/mol. The van der Waals surface area contributed by atoms with Gasteiger partial charge in [-0.15, -0.1) is 0 Å². The fraction of sp³-hybridized carbons (Fsp3) is 0.500. The van der Waals surface area contributed by atoms with Crippen molar-refractivity contribution in [2.24, 2.45) is 11.8 Å². The minimum absolute atomic E-state index is 0.413. The van der Waals surface area contributed by atoms with Crippen LogP contribution in [0.15, 0.2) is 30.3 Å². The van der Waals surface area contributed by atoms with E-state index < -0.39 is 0 Å². The van der Waals surface area contributed by atoms with Gasteiger partial charge in [-0.3, -0.25) is 4.90 Å². The number of hydrogen-bond acceptors (Lipinski definition) is 3. The molecule has 2 rings (SSSR count). The van der Waals surface area contributed by atoms with Gasteiger partial charge in [0.2, 0.25) is 0 Å². The molecular formula is C14H22N4S. The summed E-state index contributed by atoms with van der Waals surface area (Å²) in [5.41, 5.74) is 3.87. The van der Waals surface area contributed by atoms with E-state index in [1.54, 1.807) is 0 Å². The van der Waals surface area contributed by atoms with Crippen LogP contribution in [0.3, 0.4) is 0 Å². The van der Waals surface area contributed by atoms with Gasteiger partial charge in [0.05, 0.1) is 0 Å². The van der Waals surface area contributed by atoms with E-state index in [2.05, 4.69) is 52.9 Å². The van der Waals surface area contributed by atoms with Gasteiger partial charge in [0.1, 0.15) is 0 Å². The highest BCUT2D eigenvalue weighted by Gasteiger charge is 2.26. The van der Waals surface area contributed by atoms with Crippen LogP contribution in [0.25, 0.3) is 0 Å². The van der Waals surface area contributed by atoms with E-state index in [0.29, 0.717) is 17.1 Å². The summed E-state index contributed by atoms with van der Waals surface area (Å²) in [5.74, 6) is 5.86. The largest absolute Gasteiger partial charge is 0.359 e. The summed E-state index contributed by atoms with van der Waals surface area (Å²) in [6.07, 6.45) is 1.09. The Bertz CT molecular complexity index is 409. The second kappa shape index (κ2) is 6.84. The van der Waals surface area contributed by atoms with Crippen LogP contribution >= 0.6 is 12.2 Å². The Labute approximate surface area is 120 Å². The molecule has 0 radical (unpaired) electrons. The number of hydrogen-bond donors (Lipinski definition) is 3. The number of nitrogens with two attached hydrogens (primary N) is 1. The van der Waals surface area contributed by atoms with Crippen LogP contribution in [0.1, 0.15) is 18.9 Å². The molecule has 1 aliphatic rings. The molecule has 0 bridgehead atoms. The molecule has 5 heteroatoms. The minimum atomic E-state index is 0.413. The molecule has 0 aromatic heterocycles. The van der Waals surface area contributed by atoms with E-state index >= 15 is 0 Å². The summed E-state index contributed by atoms with van der Waals surface area (Å²) in [7, 11) is 0. The van der Waals surface area contributed by atoms with Crippen molar-refractivity contribution < 1.29 is 0 Å². The fourth-order valence-electron chi connectivity index (χ4n) is 2.64. The zero-order valence-corrected chi connectivity index (χ0v) is 12.1. The second-order valence-corrected chi connectivity index (χ2v) is 5.62. The number of piperidine rings is 1. The Kier molecular flexibility index (Phi) is 5.13. The quantitative estimate of drug-likeness (QED) is 0.441. The van der Waals surface area contributed by atoms with Crippen LogP contribution in [0.4, 0.5) is 0 Å². The first-order valence-corrected chi connectivity index (χ1v) is 7.13. The van der Waals surface area contributed by atoms with Crippen molar-refractivity contribution in [2.75, 3.05) is 13.1 Å². The maximum absolute atomic E-state index is 5.30. The van der Waals surface area contributed by atoms with Gasteiger partial charge >= 0.3 is 0 Å². The number of hydrazine groups is 1. The maximum atomic E-state index is 5.30. The molecule has 2 unspecified atom stereocenters. The number of nitrogens with zero attached hydrogens (tertiary/aromatic N) is 1. The van der Waals surface area contributed by atoms with Crippen LogP contribution < -0.4 is 16.6 Å². The summed E-state index contributed by atoms with van der Waals surface area (Å²) < 4.78 is 0. The van der Waals surface area contributed by atoms with E-state index in [4.69, 9.17) is 18.1 Å². The van der Waals surface area contributed by atoms with Gasteiger partial charge in [0.15, 0.2) is 5.11 Å². The predicted molar refractivity (Wildman–Crippen MR) is 82.3 cm³/mol. The van der Waals surface area contributed by atoms with Crippen LogP contribution in [-0.4, -0.2) is 29.1 Å². The van der Waals surface area contributed by atoms with Gasteiger partial charge in [0, 0.05) is 25.7 Å². The normalized spacial score (nSPS) is 23.9. The Morgan fingerprint density at radius 2 is 2.16 bits per heavy atom. The third-order valence-corrected chi connectivity index (χ3v) is 3.92. The lowest BCUT2D eigenvalue weighted by atomic mass is 9.93. The Morgan fingerprint density at radius 3 is 2.79 bits per heavy atom. The zero-order valence-electron chi connectivity index (χ0n) is 11.3. The van der Waals surface area contributed by atoms with Gasteiger partial charge in [0.25, 0.3) is 0 Å². The van der Waals surface area contributed by atoms with Crippen LogP contribution in [0.5, 0.6) is 0 Å². The predicted octanol–water partition coefficient (Wildman–Crippen LogP) is 1.23. The molecule has 4 N–H and O–H groups in total. The number of rotatable bonds is 3. The average molecular weight is 278 g/mol. The number of thiocarbonyl (C=S) groups is 1. The van der Waals surface area contributed by atoms with E-state index in [-0.39, 0.29) is 0 Å². The van der Waals surface area contributed by atoms with Gasteiger partial charge in [-0.05, 0) is 30.1 Å². The van der Waals surface area contributed by atoms with Gasteiger partial charge in [-0.2, -0.15) is 0 Å². The van der Waals surface area contributed by atoms with E-state index in [9.17, 15) is 0 Å². The van der Waals surface area contributed by atoms with Crippen molar-refractivity contribution in [1.82, 2.24) is 15.6 Å². The Hall–Kier alpha value is -1.17. The number of benzene rings is 1. The number of nitrogens with one attached hydrogen (secondary N) is 2. The average Bonchev–Trinajstić information content (AvgIpc) is 2.43. The van der Waals surface area contributed by atoms with Crippen molar-refractivity contribution >= 4 is 17.3 Å². The van der Waals surface area contributed by atoms with Gasteiger partial charge in [-0.1, -0.05) is 37.3 Å². The first-order chi connectivity index (χ1) is 9.19. The van der Waals surface area contributed by atoms with Crippen molar-refractivity contribution in [2.45, 2.75) is 25.9 Å². The third kappa shape index (κ3) is 4.16. The Balaban J connectivity index is 1.84. The first-order valence-electron chi connectivity index (χ1n) is 6.72. The molecule has 1 aromatic carbocycles. The lowest BCUT2D eigenvalue weighted by Crippen LogP contribution is -2.53. The highest BCUT2D eigenvalue weighted by molar-refractivity contribution is 7.80. The molecule has 2 atom stereocenters. The maximum Gasteiger partial charge on any atom is 0.180 e. The molecule has 4 nitrogen and oxygen atoms in total. The van der Waals surface area contributed by atoms with Crippen LogP contribution in [0, 0.1) is 5.92 Å². The molecule has 19 heavy (non-hydrogen) atoms. The smallest absolute Gasteiger partial charge is 0.180 e. The molecule has 1 aliphatic heterocycles. The third-order valence-electron chi connectivity index (χ3n) is 3.69. The highest BCUT2D eigenvalue weighted by Crippen LogP contribution is 2.18.